The number of esters is 2. The van der Waals surface area contributed by atoms with Crippen molar-refractivity contribution in [3.63, 3.8) is 0 Å². The molecule has 4 atom stereocenters. The van der Waals surface area contributed by atoms with E-state index < -0.39 is 49.9 Å². The molecule has 0 bridgehead atoms. The average molecular weight is 924 g/mol. The zero-order valence-electron chi connectivity index (χ0n) is 35.1. The number of piperidine rings is 1. The number of aliphatic imine (C=N–C) groups is 1. The summed E-state index contributed by atoms with van der Waals surface area (Å²) in [5, 5.41) is 5.98. The van der Waals surface area contributed by atoms with E-state index in [0.717, 1.165) is 18.4 Å². The van der Waals surface area contributed by atoms with E-state index in [9.17, 15) is 18.5 Å². The highest BCUT2D eigenvalue weighted by molar-refractivity contribution is 7.54. The first kappa shape index (κ1) is 45.7. The number of nitrogens with one attached hydrogen (secondary N) is 1. The fourth-order valence-electron chi connectivity index (χ4n) is 7.38. The minimum Gasteiger partial charge on any atom is -0.464 e. The lowest BCUT2D eigenvalue weighted by molar-refractivity contribution is -0.151. The molecule has 5 heterocycles. The minimum absolute atomic E-state index is 0.123. The summed E-state index contributed by atoms with van der Waals surface area (Å²) in [4.78, 5) is 50.2. The van der Waals surface area contributed by atoms with E-state index >= 15 is 0 Å². The van der Waals surface area contributed by atoms with E-state index in [1.165, 1.54) is 36.7 Å². The fourth-order valence-corrected chi connectivity index (χ4v) is 9.84. The quantitative estimate of drug-likeness (QED) is 0.0667. The maximum Gasteiger partial charge on any atom is 0.405 e. The van der Waals surface area contributed by atoms with Crippen LogP contribution in [0.2, 0.25) is 5.02 Å². The standard InChI is InChI=1S/C42H48ClFN9O8PS/c1-5-57-41(54)26(4)60-62(56,24-59-25(3)20-53-23-49-36-37(45)47-22-48-39(36)53)61-30-10-7-27(8-11-30)28-13-16-52(17-14-28)21-33-34(42(55)58-6-2)35(31-12-9-29(44)19-32(31)43)51-38(50-33)40-46-15-18-63-40/h7-12,15,18-19,22-23,25-26,28,35H,5-6,13-14,16-17,20-21,24H2,1-4H3,(H,50,51)(H2,45,47,48)/t25-,26?,35?,62?/m1/s1. The molecule has 1 fully saturated rings. The second kappa shape index (κ2) is 20.5. The number of ether oxygens (including phenoxy) is 3. The van der Waals surface area contributed by atoms with Crippen LogP contribution in [0.4, 0.5) is 10.2 Å². The number of nitrogen functional groups attached to an aromatic ring is 1. The Morgan fingerprint density at radius 1 is 1.05 bits per heavy atom. The molecule has 1 saturated heterocycles. The number of amidine groups is 1. The number of thiazole rings is 1. The largest absolute Gasteiger partial charge is 0.464 e. The van der Waals surface area contributed by atoms with Crippen LogP contribution in [-0.4, -0.2) is 98.6 Å². The molecular weight excluding hydrogens is 876 g/mol. The van der Waals surface area contributed by atoms with Gasteiger partial charge in [0, 0.05) is 34.4 Å². The molecule has 2 aromatic carbocycles. The van der Waals surface area contributed by atoms with Gasteiger partial charge in [-0.2, -0.15) is 0 Å². The third kappa shape index (κ3) is 11.1. The van der Waals surface area contributed by atoms with Crippen molar-refractivity contribution in [3.05, 3.63) is 105 Å². The lowest BCUT2D eigenvalue weighted by atomic mass is 9.89. The molecule has 0 radical (unpaired) electrons. The second-order valence-corrected chi connectivity index (χ2v) is 18.1. The molecule has 7 rings (SSSR count). The van der Waals surface area contributed by atoms with Gasteiger partial charge in [0.05, 0.1) is 37.8 Å². The molecule has 0 spiro atoms. The summed E-state index contributed by atoms with van der Waals surface area (Å²) < 4.78 is 58.5. The second-order valence-electron chi connectivity index (χ2n) is 14.9. The first-order valence-electron chi connectivity index (χ1n) is 20.4. The van der Waals surface area contributed by atoms with Gasteiger partial charge in [0.25, 0.3) is 0 Å². The van der Waals surface area contributed by atoms with Crippen LogP contribution >= 0.6 is 30.5 Å². The van der Waals surface area contributed by atoms with Gasteiger partial charge in [0.2, 0.25) is 0 Å². The number of aromatic nitrogens is 5. The third-order valence-electron chi connectivity index (χ3n) is 10.4. The highest BCUT2D eigenvalue weighted by Crippen LogP contribution is 2.50. The number of fused-ring (bicyclic) bond motifs is 1. The molecule has 3 unspecified atom stereocenters. The van der Waals surface area contributed by atoms with Crippen LogP contribution in [0.5, 0.6) is 5.75 Å². The normalized spacial score (nSPS) is 18.0. The molecule has 334 valence electrons. The van der Waals surface area contributed by atoms with Crippen LogP contribution in [0.1, 0.15) is 68.6 Å². The van der Waals surface area contributed by atoms with E-state index in [1.54, 1.807) is 56.1 Å². The molecule has 0 amide bonds. The zero-order chi connectivity index (χ0) is 44.7. The fraction of sp³-hybridized carbons (Fsp3) is 0.405. The lowest BCUT2D eigenvalue weighted by Crippen LogP contribution is -2.42. The molecule has 0 saturated carbocycles. The van der Waals surface area contributed by atoms with Gasteiger partial charge < -0.3 is 34.4 Å². The topological polar surface area (TPSA) is 208 Å². The maximum absolute atomic E-state index is 14.3. The summed E-state index contributed by atoms with van der Waals surface area (Å²) in [5.74, 6) is -0.527. The van der Waals surface area contributed by atoms with Crippen LogP contribution < -0.4 is 15.6 Å². The SMILES string of the molecule is CCOC(=O)C1=C(CN2CCC(c3ccc(OP(=O)(CO[C@H](C)Cn4cnc5c(N)ncnc54)OC(C)C(=O)OCC)cc3)CC2)NC(c2nccs2)=NC1c1ccc(F)cc1Cl. The van der Waals surface area contributed by atoms with Gasteiger partial charge in [-0.05, 0) is 89.4 Å². The van der Waals surface area contributed by atoms with Crippen LogP contribution in [0.15, 0.2) is 83.0 Å². The molecule has 3 aromatic heterocycles. The number of anilines is 1. The Balaban J connectivity index is 1.02. The summed E-state index contributed by atoms with van der Waals surface area (Å²) in [6.45, 7) is 8.99. The molecule has 21 heteroatoms. The van der Waals surface area contributed by atoms with Crippen molar-refractivity contribution in [2.75, 3.05) is 44.9 Å². The van der Waals surface area contributed by atoms with Gasteiger partial charge in [-0.15, -0.1) is 11.3 Å². The van der Waals surface area contributed by atoms with E-state index in [-0.39, 0.29) is 35.7 Å². The number of carbonyl (C=O) groups is 2. The van der Waals surface area contributed by atoms with Gasteiger partial charge in [-0.1, -0.05) is 29.8 Å². The Labute approximate surface area is 372 Å². The van der Waals surface area contributed by atoms with Gasteiger partial charge in [0.15, 0.2) is 34.8 Å². The van der Waals surface area contributed by atoms with Crippen molar-refractivity contribution in [3.8, 4) is 5.75 Å². The van der Waals surface area contributed by atoms with E-state index in [1.807, 2.05) is 17.5 Å². The number of carbonyl (C=O) groups excluding carboxylic acids is 2. The lowest BCUT2D eigenvalue weighted by Gasteiger charge is -2.35. The zero-order valence-corrected chi connectivity index (χ0v) is 37.6. The number of nitrogens with two attached hydrogens (primary N) is 1. The van der Waals surface area contributed by atoms with Crippen LogP contribution in [0.25, 0.3) is 11.2 Å². The Morgan fingerprint density at radius 3 is 2.51 bits per heavy atom. The Hall–Kier alpha value is -5.30. The molecule has 0 aliphatic carbocycles. The van der Waals surface area contributed by atoms with Crippen molar-refractivity contribution >= 4 is 65.3 Å². The maximum atomic E-state index is 14.3. The van der Waals surface area contributed by atoms with Crippen LogP contribution in [-0.2, 0) is 39.4 Å². The van der Waals surface area contributed by atoms with Crippen molar-refractivity contribution in [2.24, 2.45) is 4.99 Å². The van der Waals surface area contributed by atoms with Gasteiger partial charge in [0.1, 0.15) is 29.5 Å². The number of hydrogen-bond acceptors (Lipinski definition) is 17. The molecule has 17 nitrogen and oxygen atoms in total. The molecular formula is C42H48ClFN9O8PS. The number of nitrogens with zero attached hydrogens (tertiary/aromatic N) is 7. The van der Waals surface area contributed by atoms with E-state index in [2.05, 4.69) is 30.2 Å². The van der Waals surface area contributed by atoms with Crippen LogP contribution in [0, 0.1) is 5.82 Å². The number of benzene rings is 2. The molecule has 3 N–H and O–H groups in total. The number of likely N-dealkylation sites (tertiary alicyclic amines) is 1. The summed E-state index contributed by atoms with van der Waals surface area (Å²) >= 11 is 7.95. The number of hydrogen-bond donors (Lipinski definition) is 2. The third-order valence-corrected chi connectivity index (χ3v) is 13.1. The van der Waals surface area contributed by atoms with Crippen LogP contribution in [0.3, 0.4) is 0 Å². The summed E-state index contributed by atoms with van der Waals surface area (Å²) in [6.07, 6.45) is 4.04. The Morgan fingerprint density at radius 2 is 1.81 bits per heavy atom. The molecule has 2 aliphatic heterocycles. The number of halogens is 2. The highest BCUT2D eigenvalue weighted by atomic mass is 35.5. The van der Waals surface area contributed by atoms with Crippen molar-refractivity contribution < 1.29 is 41.8 Å². The smallest absolute Gasteiger partial charge is 0.405 e. The predicted octanol–water partition coefficient (Wildman–Crippen LogP) is 7.05. The Bertz CT molecular complexity index is 2520. The molecule has 2 aliphatic rings. The summed E-state index contributed by atoms with van der Waals surface area (Å²) in [6, 6.07) is 10.5. The summed E-state index contributed by atoms with van der Waals surface area (Å²) in [7, 11) is -4.09. The van der Waals surface area contributed by atoms with Crippen molar-refractivity contribution in [2.45, 2.75) is 71.2 Å². The van der Waals surface area contributed by atoms with Gasteiger partial charge >= 0.3 is 19.5 Å². The van der Waals surface area contributed by atoms with E-state index in [4.69, 9.17) is 45.6 Å². The molecule has 63 heavy (non-hydrogen) atoms. The Kier molecular flexibility index (Phi) is 14.9. The van der Waals surface area contributed by atoms with Crippen molar-refractivity contribution in [1.82, 2.24) is 34.7 Å². The van der Waals surface area contributed by atoms with Gasteiger partial charge in [-0.3, -0.25) is 14.4 Å². The number of imidazole rings is 1. The first-order chi connectivity index (χ1) is 30.3. The first-order valence-corrected chi connectivity index (χ1v) is 23.4. The molecule has 5 aromatic rings. The van der Waals surface area contributed by atoms with Gasteiger partial charge in [-0.25, -0.2) is 38.5 Å². The van der Waals surface area contributed by atoms with Crippen molar-refractivity contribution in [1.29, 1.82) is 0 Å². The van der Waals surface area contributed by atoms with E-state index in [0.29, 0.717) is 65.0 Å². The minimum atomic E-state index is -4.09. The predicted molar refractivity (Wildman–Crippen MR) is 235 cm³/mol. The monoisotopic (exact) mass is 923 g/mol. The summed E-state index contributed by atoms with van der Waals surface area (Å²) in [5.41, 5.74) is 9.36. The highest BCUT2D eigenvalue weighted by Gasteiger charge is 2.36. The average Bonchev–Trinajstić information content (AvgIpc) is 3.95. The number of rotatable bonds is 18.